The molecule has 0 saturated heterocycles. The second-order valence-corrected chi connectivity index (χ2v) is 4.96. The Morgan fingerprint density at radius 2 is 2.00 bits per heavy atom. The second-order valence-electron chi connectivity index (χ2n) is 4.96. The number of carbonyl (C=O) groups excluding carboxylic acids is 1. The highest BCUT2D eigenvalue weighted by molar-refractivity contribution is 5.67. The average molecular weight is 296 g/mol. The van der Waals surface area contributed by atoms with Crippen LogP contribution in [0.3, 0.4) is 0 Å². The fourth-order valence-corrected chi connectivity index (χ4v) is 1.87. The van der Waals surface area contributed by atoms with Crippen molar-refractivity contribution in [2.24, 2.45) is 0 Å². The summed E-state index contributed by atoms with van der Waals surface area (Å²) < 4.78 is 5.11. The van der Waals surface area contributed by atoms with Crippen molar-refractivity contribution in [1.29, 1.82) is 0 Å². The molecule has 0 bridgehead atoms. The summed E-state index contributed by atoms with van der Waals surface area (Å²) in [6.07, 6.45) is 3.33. The van der Waals surface area contributed by atoms with Gasteiger partial charge in [-0.1, -0.05) is 54.6 Å². The summed E-state index contributed by atoms with van der Waals surface area (Å²) in [5.41, 5.74) is 9.62. The number of nitrogens with one attached hydrogen (secondary N) is 1. The van der Waals surface area contributed by atoms with E-state index in [1.807, 2.05) is 67.6 Å². The third-order valence-corrected chi connectivity index (χ3v) is 3.19. The maximum atomic E-state index is 11.5. The maximum absolute atomic E-state index is 11.5. The van der Waals surface area contributed by atoms with Crippen molar-refractivity contribution in [2.45, 2.75) is 13.5 Å². The molecule has 0 atom stereocenters. The molecule has 0 aliphatic carbocycles. The molecule has 2 aromatic carbocycles. The number of anilines is 1. The number of rotatable bonds is 5. The Morgan fingerprint density at radius 1 is 1.23 bits per heavy atom. The fourth-order valence-electron chi connectivity index (χ4n) is 1.87. The van der Waals surface area contributed by atoms with Crippen LogP contribution in [-0.4, -0.2) is 12.6 Å². The summed E-state index contributed by atoms with van der Waals surface area (Å²) in [6, 6.07) is 15.4. The Morgan fingerprint density at radius 3 is 2.73 bits per heavy atom. The Labute approximate surface area is 130 Å². The monoisotopic (exact) mass is 296 g/mol. The first-order valence-electron chi connectivity index (χ1n) is 7.12. The van der Waals surface area contributed by atoms with E-state index in [1.165, 1.54) is 0 Å². The predicted octanol–water partition coefficient (Wildman–Crippen LogP) is 3.52. The van der Waals surface area contributed by atoms with Gasteiger partial charge in [0.05, 0.1) is 0 Å². The smallest absolute Gasteiger partial charge is 0.407 e. The van der Waals surface area contributed by atoms with E-state index in [0.717, 1.165) is 22.4 Å². The van der Waals surface area contributed by atoms with E-state index in [4.69, 9.17) is 10.5 Å². The zero-order valence-electron chi connectivity index (χ0n) is 12.6. The van der Waals surface area contributed by atoms with E-state index in [9.17, 15) is 4.79 Å². The van der Waals surface area contributed by atoms with Gasteiger partial charge < -0.3 is 15.8 Å². The first-order valence-corrected chi connectivity index (χ1v) is 7.12. The summed E-state index contributed by atoms with van der Waals surface area (Å²) in [7, 11) is 0. The third-order valence-electron chi connectivity index (χ3n) is 3.19. The van der Waals surface area contributed by atoms with Crippen molar-refractivity contribution < 1.29 is 9.53 Å². The largest absolute Gasteiger partial charge is 0.445 e. The minimum atomic E-state index is -0.433. The Hall–Kier alpha value is -2.75. The van der Waals surface area contributed by atoms with Crippen LogP contribution in [0.4, 0.5) is 10.5 Å². The molecule has 2 aromatic rings. The zero-order valence-corrected chi connectivity index (χ0v) is 12.6. The van der Waals surface area contributed by atoms with Gasteiger partial charge in [0.1, 0.15) is 6.61 Å². The lowest BCUT2D eigenvalue weighted by molar-refractivity contribution is 0.141. The molecule has 4 heteroatoms. The van der Waals surface area contributed by atoms with Crippen molar-refractivity contribution in [2.75, 3.05) is 12.3 Å². The molecule has 0 fully saturated rings. The molecule has 0 unspecified atom stereocenters. The van der Waals surface area contributed by atoms with Crippen molar-refractivity contribution in [3.8, 4) is 0 Å². The highest BCUT2D eigenvalue weighted by atomic mass is 16.5. The molecular formula is C18H20N2O2. The number of amides is 1. The van der Waals surface area contributed by atoms with Gasteiger partial charge in [-0.25, -0.2) is 4.79 Å². The van der Waals surface area contributed by atoms with Crippen LogP contribution < -0.4 is 11.1 Å². The van der Waals surface area contributed by atoms with Crippen LogP contribution in [0.1, 0.15) is 16.7 Å². The summed E-state index contributed by atoms with van der Waals surface area (Å²) >= 11 is 0. The molecule has 4 nitrogen and oxygen atoms in total. The predicted molar refractivity (Wildman–Crippen MR) is 89.3 cm³/mol. The van der Waals surface area contributed by atoms with Crippen LogP contribution in [0.15, 0.2) is 54.6 Å². The van der Waals surface area contributed by atoms with Gasteiger partial charge in [0.2, 0.25) is 0 Å². The molecule has 0 aliphatic heterocycles. The fraction of sp³-hybridized carbons (Fsp3) is 0.167. The number of nitrogen functional groups attached to an aromatic ring is 1. The van der Waals surface area contributed by atoms with Gasteiger partial charge in [0.15, 0.2) is 0 Å². The number of alkyl carbamates (subject to hydrolysis) is 1. The second kappa shape index (κ2) is 7.88. The van der Waals surface area contributed by atoms with Crippen LogP contribution in [0.5, 0.6) is 0 Å². The molecule has 0 saturated carbocycles. The van der Waals surface area contributed by atoms with Crippen LogP contribution in [0.25, 0.3) is 6.08 Å². The number of carbonyl (C=O) groups is 1. The van der Waals surface area contributed by atoms with Crippen LogP contribution in [-0.2, 0) is 11.3 Å². The van der Waals surface area contributed by atoms with Crippen LogP contribution >= 0.6 is 0 Å². The van der Waals surface area contributed by atoms with Crippen LogP contribution in [0, 0.1) is 6.92 Å². The number of aryl methyl sites for hydroxylation is 1. The Bertz CT molecular complexity index is 651. The van der Waals surface area contributed by atoms with Crippen molar-refractivity contribution in [3.05, 3.63) is 71.3 Å². The minimum absolute atomic E-state index is 0.269. The first-order chi connectivity index (χ1) is 10.6. The SMILES string of the molecule is Cc1ccc(C=CCNC(=O)OCc2ccccc2)cc1N. The van der Waals surface area contributed by atoms with E-state index < -0.39 is 6.09 Å². The summed E-state index contributed by atoms with van der Waals surface area (Å²) in [4.78, 5) is 11.5. The Kier molecular flexibility index (Phi) is 5.60. The van der Waals surface area contributed by atoms with Gasteiger partial charge in [0, 0.05) is 12.2 Å². The molecule has 114 valence electrons. The van der Waals surface area contributed by atoms with Crippen molar-refractivity contribution in [1.82, 2.24) is 5.32 Å². The lowest BCUT2D eigenvalue weighted by Gasteiger charge is -2.05. The van der Waals surface area contributed by atoms with Crippen molar-refractivity contribution in [3.63, 3.8) is 0 Å². The first kappa shape index (κ1) is 15.6. The molecule has 2 rings (SSSR count). The molecule has 22 heavy (non-hydrogen) atoms. The maximum Gasteiger partial charge on any atom is 0.407 e. The topological polar surface area (TPSA) is 64.3 Å². The number of nitrogens with two attached hydrogens (primary N) is 1. The zero-order chi connectivity index (χ0) is 15.8. The summed E-state index contributed by atoms with van der Waals surface area (Å²) in [5, 5.41) is 2.67. The molecule has 0 aliphatic rings. The lowest BCUT2D eigenvalue weighted by atomic mass is 10.1. The van der Waals surface area contributed by atoms with Gasteiger partial charge in [-0.2, -0.15) is 0 Å². The molecule has 0 heterocycles. The van der Waals surface area contributed by atoms with Gasteiger partial charge >= 0.3 is 6.09 Å². The number of ether oxygens (including phenoxy) is 1. The lowest BCUT2D eigenvalue weighted by Crippen LogP contribution is -2.24. The molecule has 0 spiro atoms. The normalized spacial score (nSPS) is 10.6. The van der Waals surface area contributed by atoms with Crippen LogP contribution in [0.2, 0.25) is 0 Å². The standard InChI is InChI=1S/C18H20N2O2/c1-14-9-10-15(12-17(14)19)8-5-11-20-18(21)22-13-16-6-3-2-4-7-16/h2-10,12H,11,13,19H2,1H3,(H,20,21). The molecule has 0 aromatic heterocycles. The molecule has 0 radical (unpaired) electrons. The number of benzene rings is 2. The third kappa shape index (κ3) is 4.98. The minimum Gasteiger partial charge on any atom is -0.445 e. The van der Waals surface area contributed by atoms with E-state index in [2.05, 4.69) is 5.32 Å². The van der Waals surface area contributed by atoms with Crippen molar-refractivity contribution >= 4 is 17.9 Å². The van der Waals surface area contributed by atoms with E-state index in [1.54, 1.807) is 0 Å². The van der Waals surface area contributed by atoms with E-state index >= 15 is 0 Å². The number of hydrogen-bond acceptors (Lipinski definition) is 3. The highest BCUT2D eigenvalue weighted by Gasteiger charge is 2.00. The van der Waals surface area contributed by atoms with Gasteiger partial charge in [-0.15, -0.1) is 0 Å². The van der Waals surface area contributed by atoms with E-state index in [-0.39, 0.29) is 6.61 Å². The summed E-state index contributed by atoms with van der Waals surface area (Å²) in [6.45, 7) is 2.64. The highest BCUT2D eigenvalue weighted by Crippen LogP contribution is 2.13. The average Bonchev–Trinajstić information content (AvgIpc) is 2.54. The summed E-state index contributed by atoms with van der Waals surface area (Å²) in [5.74, 6) is 0. The molecule has 3 N–H and O–H groups in total. The van der Waals surface area contributed by atoms with E-state index in [0.29, 0.717) is 6.54 Å². The quantitative estimate of drug-likeness (QED) is 0.830. The molecule has 1 amide bonds. The van der Waals surface area contributed by atoms with Gasteiger partial charge in [-0.3, -0.25) is 0 Å². The number of hydrogen-bond donors (Lipinski definition) is 2. The molecular weight excluding hydrogens is 276 g/mol. The Balaban J connectivity index is 1.72. The van der Waals surface area contributed by atoms with Gasteiger partial charge in [-0.05, 0) is 29.7 Å². The van der Waals surface area contributed by atoms with Gasteiger partial charge in [0.25, 0.3) is 0 Å².